The molecule has 3 N–H and O–H groups in total. The SMILES string of the molecule is Cc1ccc(C(N)C(=O)NC(C)C(C)(C)C)cc1. The van der Waals surface area contributed by atoms with Crippen LogP contribution < -0.4 is 11.1 Å². The number of hydrogen-bond acceptors (Lipinski definition) is 2. The minimum Gasteiger partial charge on any atom is -0.351 e. The summed E-state index contributed by atoms with van der Waals surface area (Å²) in [5.41, 5.74) is 8.01. The van der Waals surface area contributed by atoms with Crippen LogP contribution in [-0.2, 0) is 4.79 Å². The third-order valence-corrected chi connectivity index (χ3v) is 3.38. The van der Waals surface area contributed by atoms with Crippen molar-refractivity contribution >= 4 is 5.91 Å². The Labute approximate surface area is 110 Å². The van der Waals surface area contributed by atoms with Gasteiger partial charge in [0.05, 0.1) is 0 Å². The number of carbonyl (C=O) groups is 1. The van der Waals surface area contributed by atoms with Gasteiger partial charge in [-0.25, -0.2) is 0 Å². The highest BCUT2D eigenvalue weighted by Gasteiger charge is 2.24. The molecule has 0 fully saturated rings. The van der Waals surface area contributed by atoms with Gasteiger partial charge < -0.3 is 11.1 Å². The standard InChI is InChI=1S/C15H24N2O/c1-10-6-8-12(9-7-10)13(16)14(18)17-11(2)15(3,4)5/h6-9,11,13H,16H2,1-5H3,(H,17,18). The first-order chi connectivity index (χ1) is 8.21. The summed E-state index contributed by atoms with van der Waals surface area (Å²) in [6, 6.07) is 7.23. The van der Waals surface area contributed by atoms with Crippen molar-refractivity contribution in [1.29, 1.82) is 0 Å². The maximum absolute atomic E-state index is 12.0. The molecule has 0 aliphatic carbocycles. The van der Waals surface area contributed by atoms with Crippen LogP contribution >= 0.6 is 0 Å². The second kappa shape index (κ2) is 5.53. The lowest BCUT2D eigenvalue weighted by Crippen LogP contribution is -2.45. The molecule has 0 aromatic heterocycles. The molecule has 0 radical (unpaired) electrons. The Balaban J connectivity index is 2.70. The van der Waals surface area contributed by atoms with E-state index in [1.165, 1.54) is 0 Å². The highest BCUT2D eigenvalue weighted by atomic mass is 16.2. The minimum atomic E-state index is -0.601. The van der Waals surface area contributed by atoms with Crippen molar-refractivity contribution in [2.24, 2.45) is 11.1 Å². The van der Waals surface area contributed by atoms with E-state index < -0.39 is 6.04 Å². The Hall–Kier alpha value is -1.35. The molecule has 0 aliphatic heterocycles. The summed E-state index contributed by atoms with van der Waals surface area (Å²) in [6.45, 7) is 10.3. The molecule has 1 aromatic carbocycles. The maximum Gasteiger partial charge on any atom is 0.241 e. The Morgan fingerprint density at radius 2 is 1.72 bits per heavy atom. The summed E-state index contributed by atoms with van der Waals surface area (Å²) in [6.07, 6.45) is 0. The van der Waals surface area contributed by atoms with Crippen LogP contribution in [0.5, 0.6) is 0 Å². The van der Waals surface area contributed by atoms with Crippen molar-refractivity contribution in [2.45, 2.75) is 46.7 Å². The monoisotopic (exact) mass is 248 g/mol. The quantitative estimate of drug-likeness (QED) is 0.863. The van der Waals surface area contributed by atoms with Crippen LogP contribution in [0.25, 0.3) is 0 Å². The van der Waals surface area contributed by atoms with Gasteiger partial charge in [0.2, 0.25) is 5.91 Å². The molecule has 18 heavy (non-hydrogen) atoms. The van der Waals surface area contributed by atoms with Crippen molar-refractivity contribution in [2.75, 3.05) is 0 Å². The Kier molecular flexibility index (Phi) is 4.52. The predicted molar refractivity (Wildman–Crippen MR) is 75.2 cm³/mol. The van der Waals surface area contributed by atoms with Crippen LogP contribution in [-0.4, -0.2) is 11.9 Å². The van der Waals surface area contributed by atoms with E-state index in [9.17, 15) is 4.79 Å². The third kappa shape index (κ3) is 3.84. The number of benzene rings is 1. The Morgan fingerprint density at radius 3 is 2.17 bits per heavy atom. The molecule has 1 rings (SSSR count). The molecule has 3 heteroatoms. The molecule has 2 atom stereocenters. The average molecular weight is 248 g/mol. The van der Waals surface area contributed by atoms with Crippen LogP contribution in [0.3, 0.4) is 0 Å². The van der Waals surface area contributed by atoms with Crippen molar-refractivity contribution in [3.8, 4) is 0 Å². The highest BCUT2D eigenvalue weighted by molar-refractivity contribution is 5.83. The van der Waals surface area contributed by atoms with Crippen molar-refractivity contribution in [3.05, 3.63) is 35.4 Å². The molecule has 0 spiro atoms. The fourth-order valence-electron chi connectivity index (χ4n) is 1.44. The van der Waals surface area contributed by atoms with E-state index in [0.29, 0.717) is 0 Å². The summed E-state index contributed by atoms with van der Waals surface area (Å²) in [5.74, 6) is -0.124. The van der Waals surface area contributed by atoms with Crippen molar-refractivity contribution in [3.63, 3.8) is 0 Å². The van der Waals surface area contributed by atoms with E-state index in [2.05, 4.69) is 26.1 Å². The molecule has 100 valence electrons. The van der Waals surface area contributed by atoms with E-state index in [1.54, 1.807) is 0 Å². The fraction of sp³-hybridized carbons (Fsp3) is 0.533. The number of nitrogens with one attached hydrogen (secondary N) is 1. The van der Waals surface area contributed by atoms with Gasteiger partial charge in [-0.2, -0.15) is 0 Å². The lowest BCUT2D eigenvalue weighted by Gasteiger charge is -2.29. The molecular formula is C15H24N2O. The van der Waals surface area contributed by atoms with E-state index in [4.69, 9.17) is 5.73 Å². The first-order valence-electron chi connectivity index (χ1n) is 6.34. The van der Waals surface area contributed by atoms with E-state index in [1.807, 2.05) is 38.1 Å². The molecule has 1 amide bonds. The van der Waals surface area contributed by atoms with Crippen molar-refractivity contribution < 1.29 is 4.79 Å². The molecular weight excluding hydrogens is 224 g/mol. The lowest BCUT2D eigenvalue weighted by atomic mass is 9.88. The molecule has 3 nitrogen and oxygen atoms in total. The number of carbonyl (C=O) groups excluding carboxylic acids is 1. The van der Waals surface area contributed by atoms with Crippen molar-refractivity contribution in [1.82, 2.24) is 5.32 Å². The summed E-state index contributed by atoms with van der Waals surface area (Å²) in [5, 5.41) is 2.97. The van der Waals surface area contributed by atoms with Gasteiger partial charge in [-0.1, -0.05) is 50.6 Å². The molecule has 2 unspecified atom stereocenters. The largest absolute Gasteiger partial charge is 0.351 e. The summed E-state index contributed by atoms with van der Waals surface area (Å²) in [4.78, 5) is 12.0. The molecule has 0 bridgehead atoms. The zero-order chi connectivity index (χ0) is 13.9. The van der Waals surface area contributed by atoms with Crippen LogP contribution in [0.1, 0.15) is 44.9 Å². The molecule has 0 saturated carbocycles. The summed E-state index contributed by atoms with van der Waals surface area (Å²) in [7, 11) is 0. The number of amides is 1. The van der Waals surface area contributed by atoms with Crippen LogP contribution in [0, 0.1) is 12.3 Å². The van der Waals surface area contributed by atoms with Gasteiger partial charge in [0.25, 0.3) is 0 Å². The van der Waals surface area contributed by atoms with Gasteiger partial charge in [-0.15, -0.1) is 0 Å². The average Bonchev–Trinajstić information content (AvgIpc) is 2.27. The summed E-state index contributed by atoms with van der Waals surface area (Å²) < 4.78 is 0. The van der Waals surface area contributed by atoms with Gasteiger partial charge >= 0.3 is 0 Å². The number of rotatable bonds is 3. The van der Waals surface area contributed by atoms with E-state index in [-0.39, 0.29) is 17.4 Å². The van der Waals surface area contributed by atoms with Crippen LogP contribution in [0.2, 0.25) is 0 Å². The van der Waals surface area contributed by atoms with Gasteiger partial charge in [-0.05, 0) is 24.8 Å². The normalized spacial score (nSPS) is 15.0. The van der Waals surface area contributed by atoms with Gasteiger partial charge in [0, 0.05) is 6.04 Å². The summed E-state index contributed by atoms with van der Waals surface area (Å²) >= 11 is 0. The lowest BCUT2D eigenvalue weighted by molar-refractivity contribution is -0.123. The smallest absolute Gasteiger partial charge is 0.241 e. The maximum atomic E-state index is 12.0. The molecule has 0 aliphatic rings. The molecule has 0 heterocycles. The fourth-order valence-corrected chi connectivity index (χ4v) is 1.44. The van der Waals surface area contributed by atoms with E-state index in [0.717, 1.165) is 11.1 Å². The molecule has 0 saturated heterocycles. The Bertz CT molecular complexity index is 403. The zero-order valence-electron chi connectivity index (χ0n) is 11.9. The second-order valence-corrected chi connectivity index (χ2v) is 5.98. The Morgan fingerprint density at radius 1 is 1.22 bits per heavy atom. The second-order valence-electron chi connectivity index (χ2n) is 5.98. The van der Waals surface area contributed by atoms with E-state index >= 15 is 0 Å². The van der Waals surface area contributed by atoms with Gasteiger partial charge in [0.1, 0.15) is 6.04 Å². The van der Waals surface area contributed by atoms with Crippen LogP contribution in [0.4, 0.5) is 0 Å². The first kappa shape index (κ1) is 14.7. The third-order valence-electron chi connectivity index (χ3n) is 3.38. The predicted octanol–water partition coefficient (Wildman–Crippen LogP) is 2.55. The topological polar surface area (TPSA) is 55.1 Å². The van der Waals surface area contributed by atoms with Crippen LogP contribution in [0.15, 0.2) is 24.3 Å². The first-order valence-corrected chi connectivity index (χ1v) is 6.34. The van der Waals surface area contributed by atoms with Gasteiger partial charge in [-0.3, -0.25) is 4.79 Å². The highest BCUT2D eigenvalue weighted by Crippen LogP contribution is 2.19. The number of hydrogen-bond donors (Lipinski definition) is 2. The molecule has 1 aromatic rings. The zero-order valence-corrected chi connectivity index (χ0v) is 11.9. The number of aryl methyl sites for hydroxylation is 1. The number of nitrogens with two attached hydrogens (primary N) is 1. The van der Waals surface area contributed by atoms with Gasteiger partial charge in [0.15, 0.2) is 0 Å². The minimum absolute atomic E-state index is 0.0304.